The molecule has 0 unspecified atom stereocenters. The Kier molecular flexibility index (Phi) is 4.86. The molecule has 26 heavy (non-hydrogen) atoms. The first kappa shape index (κ1) is 18.5. The molecule has 1 aliphatic rings. The maximum absolute atomic E-state index is 12.9. The van der Waals surface area contributed by atoms with Gasteiger partial charge in [0.25, 0.3) is 0 Å². The number of sulfonamides is 1. The first-order valence-electron chi connectivity index (χ1n) is 8.27. The molecule has 3 rings (SSSR count). The average Bonchev–Trinajstić information content (AvgIpc) is 3.06. The Bertz CT molecular complexity index is 916. The van der Waals surface area contributed by atoms with E-state index in [9.17, 15) is 8.42 Å². The molecule has 140 valence electrons. The molecule has 1 N–H and O–H groups in total. The zero-order valence-electron chi connectivity index (χ0n) is 15.3. The van der Waals surface area contributed by atoms with Gasteiger partial charge < -0.3 is 14.2 Å². The second-order valence-electron chi connectivity index (χ2n) is 7.13. The molecule has 0 atom stereocenters. The van der Waals surface area contributed by atoms with E-state index < -0.39 is 10.0 Å². The first-order valence-corrected chi connectivity index (χ1v) is 9.76. The number of hydrogen-bond donors (Lipinski definition) is 1. The van der Waals surface area contributed by atoms with Crippen molar-refractivity contribution in [2.24, 2.45) is 0 Å². The minimum absolute atomic E-state index is 0.133. The lowest BCUT2D eigenvalue weighted by atomic mass is 9.87. The fraction of sp³-hybridized carbons (Fsp3) is 0.368. The summed E-state index contributed by atoms with van der Waals surface area (Å²) in [5.41, 5.74) is 1.53. The monoisotopic (exact) mass is 377 g/mol. The number of benzene rings is 2. The molecule has 7 heteroatoms. The summed E-state index contributed by atoms with van der Waals surface area (Å²) in [6, 6.07) is 10.6. The smallest absolute Gasteiger partial charge is 0.244 e. The van der Waals surface area contributed by atoms with Gasteiger partial charge in [0.15, 0.2) is 11.5 Å². The van der Waals surface area contributed by atoms with E-state index in [1.165, 1.54) is 7.11 Å². The summed E-state index contributed by atoms with van der Waals surface area (Å²) in [4.78, 5) is 0.133. The summed E-state index contributed by atoms with van der Waals surface area (Å²) in [7, 11) is -2.28. The van der Waals surface area contributed by atoms with E-state index in [0.717, 1.165) is 11.1 Å². The van der Waals surface area contributed by atoms with E-state index in [4.69, 9.17) is 14.2 Å². The molecule has 0 amide bonds. The van der Waals surface area contributed by atoms with Crippen molar-refractivity contribution in [3.63, 3.8) is 0 Å². The van der Waals surface area contributed by atoms with Gasteiger partial charge in [-0.25, -0.2) is 13.1 Å². The molecule has 0 saturated heterocycles. The molecule has 2 aromatic rings. The lowest BCUT2D eigenvalue weighted by Crippen LogP contribution is -2.24. The molecule has 0 aromatic heterocycles. The second-order valence-corrected chi connectivity index (χ2v) is 8.86. The average molecular weight is 377 g/mol. The van der Waals surface area contributed by atoms with E-state index >= 15 is 0 Å². The van der Waals surface area contributed by atoms with Crippen LogP contribution in [0.5, 0.6) is 17.2 Å². The Morgan fingerprint density at radius 3 is 2.50 bits per heavy atom. The summed E-state index contributed by atoms with van der Waals surface area (Å²) in [6.45, 7) is 6.42. The van der Waals surface area contributed by atoms with E-state index in [-0.39, 0.29) is 23.6 Å². The van der Waals surface area contributed by atoms with E-state index in [0.29, 0.717) is 17.2 Å². The Labute approximate surface area is 154 Å². The molecule has 0 aliphatic carbocycles. The number of ether oxygens (including phenoxy) is 3. The fourth-order valence-corrected chi connectivity index (χ4v) is 3.87. The van der Waals surface area contributed by atoms with E-state index in [1.54, 1.807) is 30.3 Å². The minimum Gasteiger partial charge on any atom is -0.495 e. The van der Waals surface area contributed by atoms with Gasteiger partial charge in [0, 0.05) is 6.54 Å². The lowest BCUT2D eigenvalue weighted by molar-refractivity contribution is 0.174. The van der Waals surface area contributed by atoms with Crippen LogP contribution in [0.25, 0.3) is 0 Å². The van der Waals surface area contributed by atoms with Crippen LogP contribution in [0.2, 0.25) is 0 Å². The van der Waals surface area contributed by atoms with Gasteiger partial charge in [-0.1, -0.05) is 32.9 Å². The van der Waals surface area contributed by atoms with Crippen molar-refractivity contribution in [1.29, 1.82) is 0 Å². The molecule has 0 bridgehead atoms. The zero-order valence-corrected chi connectivity index (χ0v) is 16.1. The van der Waals surface area contributed by atoms with Crippen molar-refractivity contribution in [3.05, 3.63) is 47.5 Å². The Hall–Kier alpha value is -2.25. The molecule has 0 radical (unpaired) electrons. The van der Waals surface area contributed by atoms with Crippen LogP contribution in [0.15, 0.2) is 41.3 Å². The molecule has 6 nitrogen and oxygen atoms in total. The summed E-state index contributed by atoms with van der Waals surface area (Å²) < 4.78 is 44.2. The molecular weight excluding hydrogens is 354 g/mol. The van der Waals surface area contributed by atoms with Gasteiger partial charge in [0.05, 0.1) is 7.11 Å². The van der Waals surface area contributed by atoms with Crippen LogP contribution in [-0.4, -0.2) is 22.3 Å². The zero-order chi connectivity index (χ0) is 18.9. The van der Waals surface area contributed by atoms with E-state index in [2.05, 4.69) is 4.72 Å². The van der Waals surface area contributed by atoms with Gasteiger partial charge >= 0.3 is 0 Å². The third-order valence-corrected chi connectivity index (χ3v) is 5.64. The highest BCUT2D eigenvalue weighted by molar-refractivity contribution is 7.89. The quantitative estimate of drug-likeness (QED) is 0.866. The number of hydrogen-bond acceptors (Lipinski definition) is 5. The predicted octanol–water partition coefficient (Wildman–Crippen LogP) is 3.20. The summed E-state index contributed by atoms with van der Waals surface area (Å²) in [6.07, 6.45) is 0. The van der Waals surface area contributed by atoms with E-state index in [1.807, 2.05) is 26.8 Å². The third-order valence-electron chi connectivity index (χ3n) is 4.22. The van der Waals surface area contributed by atoms with Crippen LogP contribution in [0.3, 0.4) is 0 Å². The summed E-state index contributed by atoms with van der Waals surface area (Å²) >= 11 is 0. The lowest BCUT2D eigenvalue weighted by Gasteiger charge is -2.21. The standard InChI is InChI=1S/C19H23NO5S/c1-19(2,3)14-6-8-16(23-4)18(10-14)26(21,22)20-11-13-5-7-15-17(9-13)25-12-24-15/h5-10,20H,11-12H2,1-4H3. The predicted molar refractivity (Wildman–Crippen MR) is 98.3 cm³/mol. The van der Waals surface area contributed by atoms with Crippen molar-refractivity contribution >= 4 is 10.0 Å². The number of fused-ring (bicyclic) bond motifs is 1. The fourth-order valence-electron chi connectivity index (χ4n) is 2.66. The van der Waals surface area contributed by atoms with Crippen molar-refractivity contribution in [1.82, 2.24) is 4.72 Å². The molecule has 0 fully saturated rings. The van der Waals surface area contributed by atoms with Crippen LogP contribution in [0.4, 0.5) is 0 Å². The van der Waals surface area contributed by atoms with Crippen LogP contribution in [-0.2, 0) is 22.0 Å². The second kappa shape index (κ2) is 6.81. The highest BCUT2D eigenvalue weighted by atomic mass is 32.2. The molecular formula is C19H23NO5S. The van der Waals surface area contributed by atoms with Crippen molar-refractivity contribution < 1.29 is 22.6 Å². The van der Waals surface area contributed by atoms with Gasteiger partial charge in [0.2, 0.25) is 16.8 Å². The molecule has 1 aliphatic heterocycles. The Morgan fingerprint density at radius 2 is 1.81 bits per heavy atom. The van der Waals surface area contributed by atoms with Crippen molar-refractivity contribution in [2.45, 2.75) is 37.6 Å². The Morgan fingerprint density at radius 1 is 1.08 bits per heavy atom. The normalized spacial score (nSPS) is 13.7. The van der Waals surface area contributed by atoms with Crippen LogP contribution >= 0.6 is 0 Å². The van der Waals surface area contributed by atoms with Crippen molar-refractivity contribution in [2.75, 3.05) is 13.9 Å². The SMILES string of the molecule is COc1ccc(C(C)(C)C)cc1S(=O)(=O)NCc1ccc2c(c1)OCO2. The third kappa shape index (κ3) is 3.78. The molecule has 0 spiro atoms. The summed E-state index contributed by atoms with van der Waals surface area (Å²) in [5.74, 6) is 1.60. The molecule has 2 aromatic carbocycles. The topological polar surface area (TPSA) is 73.9 Å². The van der Waals surface area contributed by atoms with Gasteiger partial charge in [0.1, 0.15) is 10.6 Å². The van der Waals surface area contributed by atoms with Crippen LogP contribution in [0.1, 0.15) is 31.9 Å². The van der Waals surface area contributed by atoms with Crippen LogP contribution in [0, 0.1) is 0 Å². The molecule has 0 saturated carbocycles. The van der Waals surface area contributed by atoms with Gasteiger partial charge in [-0.15, -0.1) is 0 Å². The highest BCUT2D eigenvalue weighted by Crippen LogP contribution is 2.33. The highest BCUT2D eigenvalue weighted by Gasteiger charge is 2.23. The number of nitrogens with one attached hydrogen (secondary N) is 1. The van der Waals surface area contributed by atoms with Gasteiger partial charge in [-0.2, -0.15) is 0 Å². The maximum Gasteiger partial charge on any atom is 0.244 e. The maximum atomic E-state index is 12.9. The largest absolute Gasteiger partial charge is 0.495 e. The van der Waals surface area contributed by atoms with Gasteiger partial charge in [-0.05, 0) is 40.8 Å². The van der Waals surface area contributed by atoms with Gasteiger partial charge in [-0.3, -0.25) is 0 Å². The first-order chi connectivity index (χ1) is 12.2. The van der Waals surface area contributed by atoms with Crippen LogP contribution < -0.4 is 18.9 Å². The number of rotatable bonds is 5. The minimum atomic E-state index is -3.75. The summed E-state index contributed by atoms with van der Waals surface area (Å²) in [5, 5.41) is 0. The number of methoxy groups -OCH3 is 1. The molecule has 1 heterocycles. The Balaban J connectivity index is 1.85. The van der Waals surface area contributed by atoms with Crippen molar-refractivity contribution in [3.8, 4) is 17.2 Å².